The lowest BCUT2D eigenvalue weighted by Crippen LogP contribution is -2.27. The van der Waals surface area contributed by atoms with Gasteiger partial charge in [-0.3, -0.25) is 4.79 Å². The van der Waals surface area contributed by atoms with Crippen molar-refractivity contribution in [2.24, 2.45) is 0 Å². The van der Waals surface area contributed by atoms with Crippen LogP contribution in [0.25, 0.3) is 16.8 Å². The van der Waals surface area contributed by atoms with E-state index in [0.717, 1.165) is 33.1 Å². The summed E-state index contributed by atoms with van der Waals surface area (Å²) in [6, 6.07) is 16.3. The van der Waals surface area contributed by atoms with Crippen LogP contribution in [-0.2, 0) is 4.79 Å². The van der Waals surface area contributed by atoms with Gasteiger partial charge in [-0.1, -0.05) is 36.0 Å². The molecule has 5 nitrogen and oxygen atoms in total. The largest absolute Gasteiger partial charge is 0.315 e. The van der Waals surface area contributed by atoms with Crippen LogP contribution >= 0.6 is 11.8 Å². The lowest BCUT2D eigenvalue weighted by Gasteiger charge is -2.17. The Balaban J connectivity index is 1.55. The van der Waals surface area contributed by atoms with E-state index in [2.05, 4.69) is 37.0 Å². The predicted molar refractivity (Wildman–Crippen MR) is 123 cm³/mol. The second-order valence-corrected chi connectivity index (χ2v) is 8.44. The van der Waals surface area contributed by atoms with Crippen molar-refractivity contribution in [3.63, 3.8) is 0 Å². The number of thioether (sulfide) groups is 1. The Morgan fingerprint density at radius 3 is 2.67 bits per heavy atom. The molecule has 0 spiro atoms. The van der Waals surface area contributed by atoms with Crippen molar-refractivity contribution in [1.82, 2.24) is 14.6 Å². The fourth-order valence-corrected chi connectivity index (χ4v) is 4.15. The second kappa shape index (κ2) is 8.32. The molecule has 0 aliphatic rings. The molecule has 0 bridgehead atoms. The van der Waals surface area contributed by atoms with Crippen molar-refractivity contribution in [1.29, 1.82) is 0 Å². The molecule has 2 aromatic heterocycles. The van der Waals surface area contributed by atoms with Crippen LogP contribution in [0.15, 0.2) is 66.0 Å². The first-order chi connectivity index (χ1) is 14.4. The molecule has 0 saturated heterocycles. The Hall–Kier alpha value is -3.12. The average Bonchev–Trinajstić information content (AvgIpc) is 3.18. The van der Waals surface area contributed by atoms with Crippen molar-refractivity contribution in [3.05, 3.63) is 77.6 Å². The fourth-order valence-electron chi connectivity index (χ4n) is 3.26. The Kier molecular flexibility index (Phi) is 5.59. The smallest absolute Gasteiger partial charge is 0.237 e. The van der Waals surface area contributed by atoms with Crippen molar-refractivity contribution >= 4 is 28.9 Å². The molecule has 6 heteroatoms. The summed E-state index contributed by atoms with van der Waals surface area (Å²) in [4.78, 5) is 18.9. The van der Waals surface area contributed by atoms with E-state index in [9.17, 15) is 4.79 Å². The first-order valence-corrected chi connectivity index (χ1v) is 10.8. The molecule has 0 atom stereocenters. The summed E-state index contributed by atoms with van der Waals surface area (Å²) in [5.41, 5.74) is 7.40. The number of aromatic nitrogens is 3. The van der Waals surface area contributed by atoms with Gasteiger partial charge in [0.05, 0.1) is 17.0 Å². The molecule has 0 radical (unpaired) electrons. The second-order valence-electron chi connectivity index (χ2n) is 7.47. The zero-order chi connectivity index (χ0) is 21.3. The first-order valence-electron chi connectivity index (χ1n) is 9.80. The summed E-state index contributed by atoms with van der Waals surface area (Å²) in [6.45, 7) is 6.23. The molecule has 30 heavy (non-hydrogen) atoms. The molecule has 0 fully saturated rings. The molecule has 0 N–H and O–H groups in total. The zero-order valence-corrected chi connectivity index (χ0v) is 18.4. The molecule has 0 unspecified atom stereocenters. The maximum Gasteiger partial charge on any atom is 0.237 e. The molecule has 4 rings (SSSR count). The summed E-state index contributed by atoms with van der Waals surface area (Å²) < 4.78 is 1.83. The van der Waals surface area contributed by atoms with E-state index in [1.54, 1.807) is 11.1 Å². The third kappa shape index (κ3) is 4.09. The fraction of sp³-hybridized carbons (Fsp3) is 0.208. The highest BCUT2D eigenvalue weighted by Crippen LogP contribution is 2.27. The molecule has 152 valence electrons. The van der Waals surface area contributed by atoms with Gasteiger partial charge in [-0.2, -0.15) is 5.10 Å². The Morgan fingerprint density at radius 2 is 1.90 bits per heavy atom. The molecule has 0 aliphatic carbocycles. The number of hydrogen-bond acceptors (Lipinski definition) is 4. The van der Waals surface area contributed by atoms with Crippen LogP contribution < -0.4 is 4.90 Å². The highest BCUT2D eigenvalue weighted by molar-refractivity contribution is 8.00. The number of amides is 1. The standard InChI is InChI=1S/C24H24N4OS/c1-16-6-5-7-20(12-16)27(4)23(29)15-30-24-22-14-21(26-28(22)11-10-25-24)19-9-8-17(2)18(3)13-19/h5-14H,15H2,1-4H3. The van der Waals surface area contributed by atoms with Gasteiger partial charge < -0.3 is 4.90 Å². The van der Waals surface area contributed by atoms with Gasteiger partial charge in [0.2, 0.25) is 5.91 Å². The normalized spacial score (nSPS) is 11.1. The summed E-state index contributed by atoms with van der Waals surface area (Å²) >= 11 is 1.44. The minimum atomic E-state index is 0.0308. The third-order valence-corrected chi connectivity index (χ3v) is 6.23. The van der Waals surface area contributed by atoms with Crippen LogP contribution in [0.2, 0.25) is 0 Å². The first kappa shape index (κ1) is 20.2. The molecule has 0 aliphatic heterocycles. The van der Waals surface area contributed by atoms with Crippen molar-refractivity contribution in [2.45, 2.75) is 25.8 Å². The van der Waals surface area contributed by atoms with Gasteiger partial charge in [0.25, 0.3) is 0 Å². The topological polar surface area (TPSA) is 50.5 Å². The van der Waals surface area contributed by atoms with E-state index < -0.39 is 0 Å². The van der Waals surface area contributed by atoms with E-state index >= 15 is 0 Å². The summed E-state index contributed by atoms with van der Waals surface area (Å²) in [5, 5.41) is 5.50. The molecular weight excluding hydrogens is 392 g/mol. The summed E-state index contributed by atoms with van der Waals surface area (Å²) in [7, 11) is 1.81. The van der Waals surface area contributed by atoms with Crippen LogP contribution in [-0.4, -0.2) is 33.3 Å². The quantitative estimate of drug-likeness (QED) is 0.426. The van der Waals surface area contributed by atoms with Crippen molar-refractivity contribution in [3.8, 4) is 11.3 Å². The van der Waals surface area contributed by atoms with Crippen LogP contribution in [0.1, 0.15) is 16.7 Å². The van der Waals surface area contributed by atoms with Gasteiger partial charge in [0, 0.05) is 30.7 Å². The lowest BCUT2D eigenvalue weighted by atomic mass is 10.0. The molecule has 4 aromatic rings. The van der Waals surface area contributed by atoms with Crippen molar-refractivity contribution < 1.29 is 4.79 Å². The SMILES string of the molecule is Cc1cccc(N(C)C(=O)CSc2nccn3nc(-c4ccc(C)c(C)c4)cc23)c1. The molecule has 1 amide bonds. The van der Waals surface area contributed by atoms with E-state index in [1.807, 2.05) is 55.0 Å². The molecule has 2 heterocycles. The van der Waals surface area contributed by atoms with Crippen molar-refractivity contribution in [2.75, 3.05) is 17.7 Å². The number of anilines is 1. The number of hydrogen-bond donors (Lipinski definition) is 0. The minimum absolute atomic E-state index is 0.0308. The number of benzene rings is 2. The van der Waals surface area contributed by atoms with Gasteiger partial charge in [-0.15, -0.1) is 0 Å². The van der Waals surface area contributed by atoms with Gasteiger partial charge in [-0.25, -0.2) is 9.50 Å². The maximum absolute atomic E-state index is 12.7. The van der Waals surface area contributed by atoms with Crippen LogP contribution in [0.3, 0.4) is 0 Å². The lowest BCUT2D eigenvalue weighted by molar-refractivity contribution is -0.115. The maximum atomic E-state index is 12.7. The molecular formula is C24H24N4OS. The number of carbonyl (C=O) groups excluding carboxylic acids is 1. The Labute approximate surface area is 180 Å². The van der Waals surface area contributed by atoms with E-state index in [4.69, 9.17) is 5.10 Å². The summed E-state index contributed by atoms with van der Waals surface area (Å²) in [6.07, 6.45) is 3.56. The van der Waals surface area contributed by atoms with Gasteiger partial charge in [0.15, 0.2) is 0 Å². The molecule has 0 saturated carbocycles. The molecule has 2 aromatic carbocycles. The van der Waals surface area contributed by atoms with Crippen LogP contribution in [0, 0.1) is 20.8 Å². The highest BCUT2D eigenvalue weighted by atomic mass is 32.2. The van der Waals surface area contributed by atoms with Crippen LogP contribution in [0.4, 0.5) is 5.69 Å². The Morgan fingerprint density at radius 1 is 1.07 bits per heavy atom. The monoisotopic (exact) mass is 416 g/mol. The highest BCUT2D eigenvalue weighted by Gasteiger charge is 2.15. The van der Waals surface area contributed by atoms with Gasteiger partial charge >= 0.3 is 0 Å². The summed E-state index contributed by atoms with van der Waals surface area (Å²) in [5.74, 6) is 0.338. The number of carbonyl (C=O) groups is 1. The number of nitrogens with zero attached hydrogens (tertiary/aromatic N) is 4. The number of aryl methyl sites for hydroxylation is 3. The minimum Gasteiger partial charge on any atom is -0.315 e. The number of fused-ring (bicyclic) bond motifs is 1. The Bertz CT molecular complexity index is 1230. The predicted octanol–water partition coefficient (Wildman–Crippen LogP) is 5.08. The third-order valence-electron chi connectivity index (χ3n) is 5.25. The zero-order valence-electron chi connectivity index (χ0n) is 17.6. The average molecular weight is 417 g/mol. The van der Waals surface area contributed by atoms with Gasteiger partial charge in [0.1, 0.15) is 5.03 Å². The number of rotatable bonds is 5. The van der Waals surface area contributed by atoms with E-state index in [-0.39, 0.29) is 5.91 Å². The van der Waals surface area contributed by atoms with Gasteiger partial charge in [-0.05, 0) is 61.7 Å². The van der Waals surface area contributed by atoms with E-state index in [0.29, 0.717) is 5.75 Å². The van der Waals surface area contributed by atoms with E-state index in [1.165, 1.54) is 22.9 Å². The van der Waals surface area contributed by atoms with Crippen LogP contribution in [0.5, 0.6) is 0 Å².